The molecule has 0 spiro atoms. The van der Waals surface area contributed by atoms with Crippen LogP contribution in [0.4, 0.5) is 19.0 Å². The zero-order valence-electron chi connectivity index (χ0n) is 9.77. The Hall–Kier alpha value is -0.680. The molecule has 0 aliphatic heterocycles. The average Bonchev–Trinajstić information content (AvgIpc) is 2.26. The molecule has 0 amide bonds. The van der Waals surface area contributed by atoms with Crippen molar-refractivity contribution in [3.63, 3.8) is 0 Å². The normalized spacial score (nSPS) is 11.7. The molecule has 0 N–H and O–H groups in total. The standard InChI is InChI=1S/C11H13Cl2F3N2/c1-2-3-18(7-11(14,15)16)10-9(13)4-8(5-12)6-17-10/h4,6H,2-3,5,7H2,1H3. The fourth-order valence-electron chi connectivity index (χ4n) is 1.52. The molecule has 0 fully saturated rings. The van der Waals surface area contributed by atoms with Gasteiger partial charge in [-0.2, -0.15) is 13.2 Å². The molecular weight excluding hydrogens is 288 g/mol. The van der Waals surface area contributed by atoms with Gasteiger partial charge in [0.2, 0.25) is 0 Å². The van der Waals surface area contributed by atoms with Crippen molar-refractivity contribution in [3.8, 4) is 0 Å². The van der Waals surface area contributed by atoms with Gasteiger partial charge in [0.25, 0.3) is 0 Å². The molecule has 0 bridgehead atoms. The largest absolute Gasteiger partial charge is 0.405 e. The first-order chi connectivity index (χ1) is 8.37. The number of anilines is 1. The SMILES string of the molecule is CCCN(CC(F)(F)F)c1ncc(CCl)cc1Cl. The van der Waals surface area contributed by atoms with Crippen molar-refractivity contribution in [1.82, 2.24) is 4.98 Å². The predicted octanol–water partition coefficient (Wildman–Crippen LogP) is 4.25. The van der Waals surface area contributed by atoms with Crippen LogP contribution in [0.5, 0.6) is 0 Å². The molecule has 1 rings (SSSR count). The van der Waals surface area contributed by atoms with Crippen molar-refractivity contribution in [2.75, 3.05) is 18.0 Å². The van der Waals surface area contributed by atoms with E-state index in [1.807, 2.05) is 0 Å². The zero-order chi connectivity index (χ0) is 13.8. The minimum Gasteiger partial charge on any atom is -0.346 e. The van der Waals surface area contributed by atoms with E-state index in [9.17, 15) is 13.2 Å². The Morgan fingerprint density at radius 1 is 1.39 bits per heavy atom. The lowest BCUT2D eigenvalue weighted by atomic mass is 10.3. The van der Waals surface area contributed by atoms with Crippen LogP contribution in [0.15, 0.2) is 12.3 Å². The molecule has 7 heteroatoms. The van der Waals surface area contributed by atoms with Crippen LogP contribution in [0.2, 0.25) is 5.02 Å². The molecule has 1 aromatic heterocycles. The molecule has 0 saturated heterocycles. The van der Waals surface area contributed by atoms with Gasteiger partial charge in [0.05, 0.1) is 5.02 Å². The Morgan fingerprint density at radius 3 is 2.50 bits per heavy atom. The van der Waals surface area contributed by atoms with Crippen molar-refractivity contribution in [2.24, 2.45) is 0 Å². The molecule has 0 saturated carbocycles. The second-order valence-electron chi connectivity index (χ2n) is 3.82. The summed E-state index contributed by atoms with van der Waals surface area (Å²) in [6.07, 6.45) is -2.27. The lowest BCUT2D eigenvalue weighted by molar-refractivity contribution is -0.119. The summed E-state index contributed by atoms with van der Waals surface area (Å²) in [5.74, 6) is 0.366. The topological polar surface area (TPSA) is 16.1 Å². The monoisotopic (exact) mass is 300 g/mol. The second kappa shape index (κ2) is 6.48. The number of hydrogen-bond donors (Lipinski definition) is 0. The predicted molar refractivity (Wildman–Crippen MR) is 67.4 cm³/mol. The van der Waals surface area contributed by atoms with E-state index in [1.165, 1.54) is 12.3 Å². The lowest BCUT2D eigenvalue weighted by Gasteiger charge is -2.25. The molecule has 0 unspecified atom stereocenters. The number of alkyl halides is 4. The van der Waals surface area contributed by atoms with Crippen molar-refractivity contribution >= 4 is 29.0 Å². The maximum absolute atomic E-state index is 12.5. The van der Waals surface area contributed by atoms with E-state index in [4.69, 9.17) is 23.2 Å². The van der Waals surface area contributed by atoms with Crippen molar-refractivity contribution in [2.45, 2.75) is 25.4 Å². The number of halogens is 5. The first-order valence-electron chi connectivity index (χ1n) is 5.39. The first-order valence-corrected chi connectivity index (χ1v) is 6.30. The highest BCUT2D eigenvalue weighted by Crippen LogP contribution is 2.28. The van der Waals surface area contributed by atoms with E-state index in [0.717, 1.165) is 4.90 Å². The van der Waals surface area contributed by atoms with E-state index < -0.39 is 12.7 Å². The number of nitrogens with zero attached hydrogens (tertiary/aromatic N) is 2. The van der Waals surface area contributed by atoms with Gasteiger partial charge in [-0.15, -0.1) is 11.6 Å². The fraction of sp³-hybridized carbons (Fsp3) is 0.545. The lowest BCUT2D eigenvalue weighted by Crippen LogP contribution is -2.35. The molecule has 2 nitrogen and oxygen atoms in total. The van der Waals surface area contributed by atoms with Gasteiger partial charge in [-0.1, -0.05) is 18.5 Å². The Labute approximate surface area is 114 Å². The van der Waals surface area contributed by atoms with Gasteiger partial charge >= 0.3 is 6.18 Å². The van der Waals surface area contributed by atoms with Crippen LogP contribution in [-0.4, -0.2) is 24.2 Å². The van der Waals surface area contributed by atoms with Gasteiger partial charge in [0, 0.05) is 18.6 Å². The van der Waals surface area contributed by atoms with Gasteiger partial charge in [0.15, 0.2) is 0 Å². The molecule has 0 atom stereocenters. The van der Waals surface area contributed by atoms with Crippen LogP contribution in [0.1, 0.15) is 18.9 Å². The Morgan fingerprint density at radius 2 is 2.06 bits per heavy atom. The minimum atomic E-state index is -4.29. The second-order valence-corrected chi connectivity index (χ2v) is 4.49. The van der Waals surface area contributed by atoms with Crippen molar-refractivity contribution < 1.29 is 13.2 Å². The van der Waals surface area contributed by atoms with Gasteiger partial charge < -0.3 is 4.90 Å². The van der Waals surface area contributed by atoms with Crippen LogP contribution >= 0.6 is 23.2 Å². The van der Waals surface area contributed by atoms with Crippen molar-refractivity contribution in [3.05, 3.63) is 22.8 Å². The van der Waals surface area contributed by atoms with Crippen LogP contribution in [-0.2, 0) is 5.88 Å². The molecule has 102 valence electrons. The summed E-state index contributed by atoms with van der Waals surface area (Å²) < 4.78 is 37.4. The molecule has 1 heterocycles. The van der Waals surface area contributed by atoms with E-state index in [1.54, 1.807) is 6.92 Å². The fourth-order valence-corrected chi connectivity index (χ4v) is 1.98. The van der Waals surface area contributed by atoms with E-state index in [0.29, 0.717) is 12.0 Å². The van der Waals surface area contributed by atoms with E-state index >= 15 is 0 Å². The Kier molecular flexibility index (Phi) is 5.53. The number of pyridine rings is 1. The average molecular weight is 301 g/mol. The van der Waals surface area contributed by atoms with Gasteiger partial charge in [0.1, 0.15) is 12.4 Å². The van der Waals surface area contributed by atoms with Crippen LogP contribution in [0.25, 0.3) is 0 Å². The van der Waals surface area contributed by atoms with Crippen LogP contribution in [0.3, 0.4) is 0 Å². The summed E-state index contributed by atoms with van der Waals surface area (Å²) in [5, 5.41) is 0.186. The summed E-state index contributed by atoms with van der Waals surface area (Å²) >= 11 is 11.5. The number of aromatic nitrogens is 1. The molecule has 18 heavy (non-hydrogen) atoms. The zero-order valence-corrected chi connectivity index (χ0v) is 11.3. The van der Waals surface area contributed by atoms with Gasteiger partial charge in [-0.25, -0.2) is 4.98 Å². The maximum atomic E-state index is 12.5. The highest BCUT2D eigenvalue weighted by Gasteiger charge is 2.31. The summed E-state index contributed by atoms with van der Waals surface area (Å²) in [5.41, 5.74) is 0.675. The highest BCUT2D eigenvalue weighted by molar-refractivity contribution is 6.33. The third-order valence-electron chi connectivity index (χ3n) is 2.20. The third-order valence-corrected chi connectivity index (χ3v) is 2.78. The molecule has 0 aliphatic carbocycles. The number of rotatable bonds is 5. The van der Waals surface area contributed by atoms with Crippen LogP contribution < -0.4 is 4.90 Å². The molecular formula is C11H13Cl2F3N2. The van der Waals surface area contributed by atoms with Gasteiger partial charge in [-0.05, 0) is 18.1 Å². The molecule has 0 aliphatic rings. The van der Waals surface area contributed by atoms with Crippen LogP contribution in [0, 0.1) is 0 Å². The quantitative estimate of drug-likeness (QED) is 0.756. The Balaban J connectivity index is 2.98. The molecule has 0 aromatic carbocycles. The highest BCUT2D eigenvalue weighted by atomic mass is 35.5. The summed E-state index contributed by atoms with van der Waals surface area (Å²) in [4.78, 5) is 5.09. The number of hydrogen-bond acceptors (Lipinski definition) is 2. The Bertz CT molecular complexity index is 396. The van der Waals surface area contributed by atoms with Gasteiger partial charge in [-0.3, -0.25) is 0 Å². The summed E-state index contributed by atoms with van der Waals surface area (Å²) in [6.45, 7) is 0.977. The summed E-state index contributed by atoms with van der Waals surface area (Å²) in [6, 6.07) is 1.54. The molecule has 1 aromatic rings. The minimum absolute atomic E-state index is 0.143. The first kappa shape index (κ1) is 15.4. The molecule has 0 radical (unpaired) electrons. The third kappa shape index (κ3) is 4.53. The maximum Gasteiger partial charge on any atom is 0.405 e. The van der Waals surface area contributed by atoms with E-state index in [-0.39, 0.29) is 23.3 Å². The summed E-state index contributed by atoms with van der Waals surface area (Å²) in [7, 11) is 0. The smallest absolute Gasteiger partial charge is 0.346 e. The van der Waals surface area contributed by atoms with E-state index in [2.05, 4.69) is 4.98 Å². The van der Waals surface area contributed by atoms with Crippen molar-refractivity contribution in [1.29, 1.82) is 0 Å².